The highest BCUT2D eigenvalue weighted by Crippen LogP contribution is 2.16. The van der Waals surface area contributed by atoms with Crippen molar-refractivity contribution in [2.24, 2.45) is 0 Å². The van der Waals surface area contributed by atoms with Crippen molar-refractivity contribution < 1.29 is 4.79 Å². The van der Waals surface area contributed by atoms with Gasteiger partial charge in [0.05, 0.1) is 22.4 Å². The maximum atomic E-state index is 12.3. The number of hydrogen-bond donors (Lipinski definition) is 1. The van der Waals surface area contributed by atoms with Crippen LogP contribution in [0.2, 0.25) is 0 Å². The van der Waals surface area contributed by atoms with Crippen molar-refractivity contribution in [3.63, 3.8) is 0 Å². The molecule has 24 heavy (non-hydrogen) atoms. The summed E-state index contributed by atoms with van der Waals surface area (Å²) in [4.78, 5) is 23.0. The number of fused-ring (bicyclic) bond motifs is 1. The van der Waals surface area contributed by atoms with E-state index >= 15 is 0 Å². The van der Waals surface area contributed by atoms with Gasteiger partial charge in [-0.3, -0.25) is 4.79 Å². The van der Waals surface area contributed by atoms with Gasteiger partial charge in [-0.1, -0.05) is 19.9 Å². The first kappa shape index (κ1) is 16.6. The summed E-state index contributed by atoms with van der Waals surface area (Å²) in [6.45, 7) is 4.80. The summed E-state index contributed by atoms with van der Waals surface area (Å²) in [5.74, 6) is -0.0622. The number of carbonyl (C=O) groups excluding carboxylic acids is 1. The van der Waals surface area contributed by atoms with Crippen molar-refractivity contribution in [3.05, 3.63) is 57.5 Å². The number of nitrogens with zero attached hydrogens (tertiary/aromatic N) is 2. The van der Waals surface area contributed by atoms with Crippen molar-refractivity contribution in [2.45, 2.75) is 33.1 Å². The highest BCUT2D eigenvalue weighted by atomic mass is 32.1. The minimum absolute atomic E-state index is 0.0622. The molecule has 0 unspecified atom stereocenters. The van der Waals surface area contributed by atoms with Crippen LogP contribution in [0.15, 0.2) is 35.7 Å². The van der Waals surface area contributed by atoms with E-state index in [9.17, 15) is 4.79 Å². The number of amides is 1. The van der Waals surface area contributed by atoms with Crippen LogP contribution in [-0.2, 0) is 19.3 Å². The lowest BCUT2D eigenvalue weighted by Gasteiger charge is -2.08. The average molecular weight is 339 g/mol. The Morgan fingerprint density at radius 2 is 1.83 bits per heavy atom. The fourth-order valence-electron chi connectivity index (χ4n) is 2.69. The van der Waals surface area contributed by atoms with Gasteiger partial charge in [0.25, 0.3) is 5.91 Å². The summed E-state index contributed by atoms with van der Waals surface area (Å²) in [5, 5.41) is 5.02. The Kier molecular flexibility index (Phi) is 5.20. The number of thiophene rings is 1. The van der Waals surface area contributed by atoms with Gasteiger partial charge in [-0.05, 0) is 48.9 Å². The fourth-order valence-corrected chi connectivity index (χ4v) is 3.40. The summed E-state index contributed by atoms with van der Waals surface area (Å²) < 4.78 is 0. The second-order valence-electron chi connectivity index (χ2n) is 5.61. The molecule has 0 aliphatic rings. The Balaban J connectivity index is 1.75. The van der Waals surface area contributed by atoms with E-state index in [1.165, 1.54) is 4.88 Å². The molecule has 1 aromatic carbocycles. The Labute approximate surface area is 146 Å². The molecule has 0 aliphatic heterocycles. The first-order valence-corrected chi connectivity index (χ1v) is 9.19. The van der Waals surface area contributed by atoms with Crippen LogP contribution >= 0.6 is 11.3 Å². The van der Waals surface area contributed by atoms with Crippen molar-refractivity contribution in [2.75, 3.05) is 6.54 Å². The molecular formula is C19H21N3OS. The van der Waals surface area contributed by atoms with Gasteiger partial charge in [-0.15, -0.1) is 11.3 Å². The van der Waals surface area contributed by atoms with Gasteiger partial charge < -0.3 is 5.32 Å². The average Bonchev–Trinajstić information content (AvgIpc) is 3.13. The molecule has 2 aromatic heterocycles. The van der Waals surface area contributed by atoms with E-state index in [0.717, 1.165) is 41.7 Å². The Bertz CT molecular complexity index is 843. The summed E-state index contributed by atoms with van der Waals surface area (Å²) >= 11 is 1.71. The van der Waals surface area contributed by atoms with Crippen LogP contribution in [-0.4, -0.2) is 22.4 Å². The van der Waals surface area contributed by atoms with Gasteiger partial charge in [0.15, 0.2) is 0 Å². The summed E-state index contributed by atoms with van der Waals surface area (Å²) in [6.07, 6.45) is 2.58. The van der Waals surface area contributed by atoms with E-state index in [-0.39, 0.29) is 5.91 Å². The molecular weight excluding hydrogens is 318 g/mol. The maximum absolute atomic E-state index is 12.3. The second-order valence-corrected chi connectivity index (χ2v) is 6.65. The van der Waals surface area contributed by atoms with Gasteiger partial charge in [0.1, 0.15) is 0 Å². The van der Waals surface area contributed by atoms with Crippen LogP contribution in [0, 0.1) is 0 Å². The fraction of sp³-hybridized carbons (Fsp3) is 0.316. The van der Waals surface area contributed by atoms with E-state index < -0.39 is 0 Å². The van der Waals surface area contributed by atoms with Crippen molar-refractivity contribution in [3.8, 4) is 0 Å². The predicted octanol–water partition coefficient (Wildman–Crippen LogP) is 3.79. The molecule has 0 radical (unpaired) electrons. The number of rotatable bonds is 6. The third kappa shape index (κ3) is 3.62. The first-order chi connectivity index (χ1) is 11.7. The third-order valence-electron chi connectivity index (χ3n) is 3.99. The van der Waals surface area contributed by atoms with Crippen molar-refractivity contribution in [1.29, 1.82) is 0 Å². The van der Waals surface area contributed by atoms with Gasteiger partial charge >= 0.3 is 0 Å². The maximum Gasteiger partial charge on any atom is 0.251 e. The highest BCUT2D eigenvalue weighted by Gasteiger charge is 2.10. The lowest BCUT2D eigenvalue weighted by atomic mass is 10.1. The Morgan fingerprint density at radius 3 is 2.50 bits per heavy atom. The SMILES string of the molecule is CCc1nc2ccc(C(=O)NCCc3cccs3)cc2nc1CC. The van der Waals surface area contributed by atoms with E-state index in [2.05, 4.69) is 40.6 Å². The minimum Gasteiger partial charge on any atom is -0.352 e. The number of aromatic nitrogens is 2. The van der Waals surface area contributed by atoms with Crippen LogP contribution in [0.5, 0.6) is 0 Å². The molecule has 1 amide bonds. The van der Waals surface area contributed by atoms with Crippen LogP contribution in [0.1, 0.15) is 40.5 Å². The molecule has 3 aromatic rings. The molecule has 4 nitrogen and oxygen atoms in total. The largest absolute Gasteiger partial charge is 0.352 e. The molecule has 5 heteroatoms. The second kappa shape index (κ2) is 7.53. The molecule has 3 rings (SSSR count). The zero-order valence-corrected chi connectivity index (χ0v) is 14.8. The predicted molar refractivity (Wildman–Crippen MR) is 98.7 cm³/mol. The molecule has 0 fully saturated rings. The molecule has 0 atom stereocenters. The molecule has 0 saturated heterocycles. The summed E-state index contributed by atoms with van der Waals surface area (Å²) in [5.41, 5.74) is 4.32. The zero-order valence-electron chi connectivity index (χ0n) is 14.0. The van der Waals surface area contributed by atoms with Crippen molar-refractivity contribution >= 4 is 28.3 Å². The Morgan fingerprint density at radius 1 is 1.08 bits per heavy atom. The van der Waals surface area contributed by atoms with Gasteiger partial charge in [-0.25, -0.2) is 9.97 Å². The lowest BCUT2D eigenvalue weighted by Crippen LogP contribution is -2.25. The van der Waals surface area contributed by atoms with Gasteiger partial charge in [-0.2, -0.15) is 0 Å². The number of benzene rings is 1. The molecule has 0 saturated carbocycles. The van der Waals surface area contributed by atoms with E-state index in [0.29, 0.717) is 12.1 Å². The van der Waals surface area contributed by atoms with Crippen LogP contribution in [0.25, 0.3) is 11.0 Å². The molecule has 1 N–H and O–H groups in total. The number of nitrogens with one attached hydrogen (secondary N) is 1. The van der Waals surface area contributed by atoms with Gasteiger partial charge in [0.2, 0.25) is 0 Å². The summed E-state index contributed by atoms with van der Waals surface area (Å²) in [6, 6.07) is 9.65. The van der Waals surface area contributed by atoms with Crippen LogP contribution in [0.4, 0.5) is 0 Å². The number of hydrogen-bond acceptors (Lipinski definition) is 4. The molecule has 0 bridgehead atoms. The molecule has 2 heterocycles. The van der Waals surface area contributed by atoms with Crippen LogP contribution in [0.3, 0.4) is 0 Å². The first-order valence-electron chi connectivity index (χ1n) is 8.31. The molecule has 0 spiro atoms. The van der Waals surface area contributed by atoms with Crippen molar-refractivity contribution in [1.82, 2.24) is 15.3 Å². The lowest BCUT2D eigenvalue weighted by molar-refractivity contribution is 0.0954. The van der Waals surface area contributed by atoms with Crippen LogP contribution < -0.4 is 5.32 Å². The minimum atomic E-state index is -0.0622. The number of aryl methyl sites for hydroxylation is 2. The normalized spacial score (nSPS) is 10.9. The topological polar surface area (TPSA) is 54.9 Å². The third-order valence-corrected chi connectivity index (χ3v) is 4.92. The van der Waals surface area contributed by atoms with E-state index in [4.69, 9.17) is 0 Å². The van der Waals surface area contributed by atoms with E-state index in [1.807, 2.05) is 24.3 Å². The summed E-state index contributed by atoms with van der Waals surface area (Å²) in [7, 11) is 0. The standard InChI is InChI=1S/C19H21N3OS/c1-3-15-16(4-2)22-18-12-13(7-8-17(18)21-15)19(23)20-10-9-14-6-5-11-24-14/h5-8,11-12H,3-4,9-10H2,1-2H3,(H,20,23). The number of carbonyl (C=O) groups is 1. The molecule has 124 valence electrons. The zero-order chi connectivity index (χ0) is 16.9. The smallest absolute Gasteiger partial charge is 0.251 e. The quantitative estimate of drug-likeness (QED) is 0.743. The van der Waals surface area contributed by atoms with E-state index in [1.54, 1.807) is 11.3 Å². The Hall–Kier alpha value is -2.27. The van der Waals surface area contributed by atoms with Gasteiger partial charge in [0, 0.05) is 17.0 Å². The molecule has 0 aliphatic carbocycles. The monoisotopic (exact) mass is 339 g/mol. The highest BCUT2D eigenvalue weighted by molar-refractivity contribution is 7.09.